The molecule has 0 saturated carbocycles. The highest BCUT2D eigenvalue weighted by Crippen LogP contribution is 2.17. The Balaban J connectivity index is 1.92. The molecule has 1 unspecified atom stereocenters. The molecule has 2 aromatic rings. The van der Waals surface area contributed by atoms with E-state index in [4.69, 9.17) is 4.74 Å². The molecule has 24 heavy (non-hydrogen) atoms. The summed E-state index contributed by atoms with van der Waals surface area (Å²) >= 11 is 0. The normalized spacial score (nSPS) is 12.6. The van der Waals surface area contributed by atoms with E-state index in [1.165, 1.54) is 6.07 Å². The first-order valence-electron chi connectivity index (χ1n) is 8.31. The zero-order valence-electron chi connectivity index (χ0n) is 14.6. The van der Waals surface area contributed by atoms with Crippen LogP contribution in [-0.4, -0.2) is 35.3 Å². The Hall–Kier alpha value is -1.91. The van der Waals surface area contributed by atoms with Crippen LogP contribution in [0.5, 0.6) is 5.75 Å². The summed E-state index contributed by atoms with van der Waals surface area (Å²) in [5, 5.41) is 10.3. The van der Waals surface area contributed by atoms with Gasteiger partial charge in [0.15, 0.2) is 0 Å². The zero-order chi connectivity index (χ0) is 17.5. The fraction of sp³-hybridized carbons (Fsp3) is 0.400. The maximum Gasteiger partial charge on any atom is 0.127 e. The summed E-state index contributed by atoms with van der Waals surface area (Å²) in [4.78, 5) is 2.05. The van der Waals surface area contributed by atoms with E-state index in [0.717, 1.165) is 11.3 Å². The lowest BCUT2D eigenvalue weighted by molar-refractivity contribution is 0.0537. The van der Waals surface area contributed by atoms with Crippen molar-refractivity contribution in [2.45, 2.75) is 39.5 Å². The van der Waals surface area contributed by atoms with Crippen LogP contribution in [0.25, 0.3) is 0 Å². The van der Waals surface area contributed by atoms with Crippen LogP contribution in [0.1, 0.15) is 25.0 Å². The molecule has 2 aromatic carbocycles. The van der Waals surface area contributed by atoms with Crippen LogP contribution in [0.3, 0.4) is 0 Å². The quantitative estimate of drug-likeness (QED) is 0.799. The molecule has 3 nitrogen and oxygen atoms in total. The number of halogens is 1. The summed E-state index contributed by atoms with van der Waals surface area (Å²) in [6.45, 7) is 7.15. The number of benzene rings is 2. The number of aliphatic hydroxyl groups is 1. The second-order valence-corrected chi connectivity index (χ2v) is 6.34. The van der Waals surface area contributed by atoms with Crippen LogP contribution in [-0.2, 0) is 6.54 Å². The second kappa shape index (κ2) is 8.81. The Bertz CT molecular complexity index is 645. The van der Waals surface area contributed by atoms with Gasteiger partial charge < -0.3 is 9.84 Å². The van der Waals surface area contributed by atoms with Crippen molar-refractivity contribution in [2.75, 3.05) is 13.2 Å². The van der Waals surface area contributed by atoms with Gasteiger partial charge in [-0.15, -0.1) is 0 Å². The van der Waals surface area contributed by atoms with Crippen molar-refractivity contribution in [3.8, 4) is 5.75 Å². The molecule has 0 aliphatic rings. The van der Waals surface area contributed by atoms with Gasteiger partial charge in [-0.05, 0) is 38.5 Å². The number of aliphatic hydroxyl groups excluding tert-OH is 1. The SMILES string of the molecule is Cc1ccccc1OCC(O)CN(Cc1ccccc1F)C(C)C. The summed E-state index contributed by atoms with van der Waals surface area (Å²) in [5.41, 5.74) is 1.68. The first-order chi connectivity index (χ1) is 11.5. The van der Waals surface area contributed by atoms with Crippen LogP contribution >= 0.6 is 0 Å². The van der Waals surface area contributed by atoms with Crippen molar-refractivity contribution in [1.29, 1.82) is 0 Å². The average Bonchev–Trinajstić information content (AvgIpc) is 2.55. The van der Waals surface area contributed by atoms with E-state index in [2.05, 4.69) is 0 Å². The predicted octanol–water partition coefficient (Wildman–Crippen LogP) is 3.78. The molecule has 0 radical (unpaired) electrons. The summed E-state index contributed by atoms with van der Waals surface area (Å²) in [6.07, 6.45) is -0.640. The first-order valence-corrected chi connectivity index (χ1v) is 8.31. The van der Waals surface area contributed by atoms with E-state index in [9.17, 15) is 9.50 Å². The van der Waals surface area contributed by atoms with Crippen molar-refractivity contribution in [3.05, 3.63) is 65.5 Å². The van der Waals surface area contributed by atoms with E-state index < -0.39 is 6.10 Å². The largest absolute Gasteiger partial charge is 0.491 e. The van der Waals surface area contributed by atoms with Gasteiger partial charge in [-0.3, -0.25) is 4.90 Å². The molecule has 1 atom stereocenters. The van der Waals surface area contributed by atoms with Gasteiger partial charge in [0, 0.05) is 24.7 Å². The Kier molecular flexibility index (Phi) is 6.76. The van der Waals surface area contributed by atoms with Crippen LogP contribution < -0.4 is 4.74 Å². The van der Waals surface area contributed by atoms with Gasteiger partial charge in [0.1, 0.15) is 24.3 Å². The average molecular weight is 331 g/mol. The lowest BCUT2D eigenvalue weighted by atomic mass is 10.1. The van der Waals surface area contributed by atoms with E-state index in [1.54, 1.807) is 12.1 Å². The van der Waals surface area contributed by atoms with Crippen molar-refractivity contribution in [3.63, 3.8) is 0 Å². The highest BCUT2D eigenvalue weighted by Gasteiger charge is 2.17. The molecule has 0 aliphatic heterocycles. The predicted molar refractivity (Wildman–Crippen MR) is 94.6 cm³/mol. The zero-order valence-corrected chi connectivity index (χ0v) is 14.6. The minimum absolute atomic E-state index is 0.192. The molecule has 1 N–H and O–H groups in total. The highest BCUT2D eigenvalue weighted by atomic mass is 19.1. The molecule has 0 spiro atoms. The van der Waals surface area contributed by atoms with Gasteiger partial charge in [-0.1, -0.05) is 36.4 Å². The molecule has 2 rings (SSSR count). The molecule has 130 valence electrons. The molecule has 0 amide bonds. The van der Waals surface area contributed by atoms with Crippen molar-refractivity contribution < 1.29 is 14.2 Å². The van der Waals surface area contributed by atoms with Gasteiger partial charge in [-0.2, -0.15) is 0 Å². The summed E-state index contributed by atoms with van der Waals surface area (Å²) < 4.78 is 19.6. The third-order valence-electron chi connectivity index (χ3n) is 4.03. The van der Waals surface area contributed by atoms with E-state index >= 15 is 0 Å². The maximum atomic E-state index is 13.9. The van der Waals surface area contributed by atoms with Gasteiger partial charge in [0.2, 0.25) is 0 Å². The molecule has 0 bridgehead atoms. The van der Waals surface area contributed by atoms with Crippen molar-refractivity contribution in [2.24, 2.45) is 0 Å². The molecule has 0 fully saturated rings. The highest BCUT2D eigenvalue weighted by molar-refractivity contribution is 5.31. The Morgan fingerprint density at radius 1 is 1.08 bits per heavy atom. The minimum Gasteiger partial charge on any atom is -0.491 e. The lowest BCUT2D eigenvalue weighted by Gasteiger charge is -2.29. The molecular formula is C20H26FNO2. The van der Waals surface area contributed by atoms with Crippen LogP contribution in [0, 0.1) is 12.7 Å². The minimum atomic E-state index is -0.640. The molecule has 4 heteroatoms. The van der Waals surface area contributed by atoms with Crippen LogP contribution in [0.4, 0.5) is 4.39 Å². The van der Waals surface area contributed by atoms with Crippen LogP contribution in [0.15, 0.2) is 48.5 Å². The number of hydrogen-bond acceptors (Lipinski definition) is 3. The third kappa shape index (κ3) is 5.32. The number of ether oxygens (including phenoxy) is 1. The monoisotopic (exact) mass is 331 g/mol. The van der Waals surface area contributed by atoms with Gasteiger partial charge >= 0.3 is 0 Å². The number of aryl methyl sites for hydroxylation is 1. The number of hydrogen-bond donors (Lipinski definition) is 1. The van der Waals surface area contributed by atoms with Crippen molar-refractivity contribution >= 4 is 0 Å². The molecule has 0 heterocycles. The smallest absolute Gasteiger partial charge is 0.127 e. The number of rotatable bonds is 8. The maximum absolute atomic E-state index is 13.9. The Morgan fingerprint density at radius 3 is 2.42 bits per heavy atom. The van der Waals surface area contributed by atoms with Crippen molar-refractivity contribution in [1.82, 2.24) is 4.90 Å². The Morgan fingerprint density at radius 2 is 1.75 bits per heavy atom. The fourth-order valence-electron chi connectivity index (χ4n) is 2.53. The lowest BCUT2D eigenvalue weighted by Crippen LogP contribution is -2.39. The number of nitrogens with zero attached hydrogens (tertiary/aromatic N) is 1. The summed E-state index contributed by atoms with van der Waals surface area (Å²) in [5.74, 6) is 0.565. The Labute approximate surface area is 143 Å². The molecule has 0 aromatic heterocycles. The second-order valence-electron chi connectivity index (χ2n) is 6.34. The molecule has 0 aliphatic carbocycles. The topological polar surface area (TPSA) is 32.7 Å². The molecule has 0 saturated heterocycles. The summed E-state index contributed by atoms with van der Waals surface area (Å²) in [7, 11) is 0. The van der Waals surface area contributed by atoms with Crippen LogP contribution in [0.2, 0.25) is 0 Å². The fourth-order valence-corrected chi connectivity index (χ4v) is 2.53. The van der Waals surface area contributed by atoms with Gasteiger partial charge in [0.05, 0.1) is 0 Å². The van der Waals surface area contributed by atoms with E-state index in [-0.39, 0.29) is 18.5 Å². The number of para-hydroxylation sites is 1. The molecular weight excluding hydrogens is 305 g/mol. The first kappa shape index (κ1) is 18.4. The van der Waals surface area contributed by atoms with Gasteiger partial charge in [-0.25, -0.2) is 4.39 Å². The van der Waals surface area contributed by atoms with E-state index in [1.807, 2.05) is 56.0 Å². The third-order valence-corrected chi connectivity index (χ3v) is 4.03. The van der Waals surface area contributed by atoms with Gasteiger partial charge in [0.25, 0.3) is 0 Å². The summed E-state index contributed by atoms with van der Waals surface area (Å²) in [6, 6.07) is 14.7. The standard InChI is InChI=1S/C20H26FNO2/c1-15(2)22(12-17-9-5-6-10-19(17)21)13-18(23)14-24-20-11-7-4-8-16(20)3/h4-11,15,18,23H,12-14H2,1-3H3. The van der Waals surface area contributed by atoms with E-state index in [0.29, 0.717) is 18.7 Å².